The Labute approximate surface area is 102 Å². The van der Waals surface area contributed by atoms with Crippen LogP contribution in [0.5, 0.6) is 11.5 Å². The Morgan fingerprint density at radius 3 is 2.53 bits per heavy atom. The number of hydrogen-bond donors (Lipinski definition) is 1. The maximum absolute atomic E-state index is 8.83. The van der Waals surface area contributed by atoms with Gasteiger partial charge in [0.1, 0.15) is 0 Å². The van der Waals surface area contributed by atoms with Gasteiger partial charge in [0.05, 0.1) is 26.3 Å². The van der Waals surface area contributed by atoms with Gasteiger partial charge in [0.15, 0.2) is 11.5 Å². The van der Waals surface area contributed by atoms with Gasteiger partial charge in [-0.2, -0.15) is 5.26 Å². The van der Waals surface area contributed by atoms with Crippen LogP contribution in [0.3, 0.4) is 0 Å². The van der Waals surface area contributed by atoms with E-state index in [-0.39, 0.29) is 6.04 Å². The summed E-state index contributed by atoms with van der Waals surface area (Å²) in [6.07, 6.45) is 0.795. The summed E-state index contributed by atoms with van der Waals surface area (Å²) in [4.78, 5) is 0. The van der Waals surface area contributed by atoms with Crippen molar-refractivity contribution in [2.45, 2.75) is 25.9 Å². The average Bonchev–Trinajstić information content (AvgIpc) is 2.39. The number of nitrogens with zero attached hydrogens (tertiary/aromatic N) is 1. The predicted octanol–water partition coefficient (Wildman–Crippen LogP) is 2.10. The maximum Gasteiger partial charge on any atom is 0.161 e. The zero-order valence-corrected chi connectivity index (χ0v) is 10.5. The minimum absolute atomic E-state index is 0.108. The van der Waals surface area contributed by atoms with Crippen LogP contribution < -0.4 is 14.8 Å². The largest absolute Gasteiger partial charge is 0.493 e. The van der Waals surface area contributed by atoms with E-state index >= 15 is 0 Å². The van der Waals surface area contributed by atoms with Crippen LogP contribution in [-0.4, -0.2) is 20.3 Å². The monoisotopic (exact) mass is 234 g/mol. The highest BCUT2D eigenvalue weighted by molar-refractivity contribution is 5.42. The smallest absolute Gasteiger partial charge is 0.161 e. The minimum atomic E-state index is -0.108. The molecular weight excluding hydrogens is 216 g/mol. The summed E-state index contributed by atoms with van der Waals surface area (Å²) in [5, 5.41) is 12.0. The molecule has 0 amide bonds. The van der Waals surface area contributed by atoms with E-state index in [1.807, 2.05) is 25.1 Å². The number of methoxy groups -OCH3 is 2. The number of hydrogen-bond acceptors (Lipinski definition) is 4. The summed E-state index contributed by atoms with van der Waals surface area (Å²) in [7, 11) is 3.22. The topological polar surface area (TPSA) is 54.3 Å². The molecule has 4 heteroatoms. The first kappa shape index (κ1) is 13.3. The number of rotatable bonds is 6. The van der Waals surface area contributed by atoms with E-state index < -0.39 is 0 Å². The van der Waals surface area contributed by atoms with Crippen LogP contribution in [0.2, 0.25) is 0 Å². The van der Waals surface area contributed by atoms with Crippen molar-refractivity contribution in [2.24, 2.45) is 0 Å². The lowest BCUT2D eigenvalue weighted by Gasteiger charge is -2.12. The second-order valence-electron chi connectivity index (χ2n) is 3.66. The van der Waals surface area contributed by atoms with E-state index in [0.717, 1.165) is 12.0 Å². The molecule has 0 saturated carbocycles. The summed E-state index contributed by atoms with van der Waals surface area (Å²) in [6.45, 7) is 2.63. The van der Waals surface area contributed by atoms with Crippen LogP contribution in [0.25, 0.3) is 0 Å². The fraction of sp³-hybridized carbons (Fsp3) is 0.462. The molecule has 0 saturated heterocycles. The first-order valence-corrected chi connectivity index (χ1v) is 5.59. The first-order valence-electron chi connectivity index (χ1n) is 5.59. The van der Waals surface area contributed by atoms with E-state index in [0.29, 0.717) is 18.0 Å². The molecule has 0 heterocycles. The molecule has 0 aliphatic heterocycles. The molecule has 92 valence electrons. The molecule has 1 rings (SSSR count). The lowest BCUT2D eigenvalue weighted by molar-refractivity contribution is 0.354. The molecule has 1 unspecified atom stereocenters. The third-order valence-electron chi connectivity index (χ3n) is 2.56. The van der Waals surface area contributed by atoms with Crippen molar-refractivity contribution >= 4 is 0 Å². The lowest BCUT2D eigenvalue weighted by Crippen LogP contribution is -2.26. The lowest BCUT2D eigenvalue weighted by atomic mass is 10.1. The number of benzene rings is 1. The molecule has 0 bridgehead atoms. The zero-order valence-electron chi connectivity index (χ0n) is 10.5. The Bertz CT molecular complexity index is 399. The minimum Gasteiger partial charge on any atom is -0.493 e. The van der Waals surface area contributed by atoms with E-state index in [1.165, 1.54) is 0 Å². The molecule has 4 nitrogen and oxygen atoms in total. The van der Waals surface area contributed by atoms with Gasteiger partial charge in [-0.1, -0.05) is 13.0 Å². The van der Waals surface area contributed by atoms with Crippen LogP contribution in [0, 0.1) is 11.3 Å². The van der Waals surface area contributed by atoms with Gasteiger partial charge in [0.25, 0.3) is 0 Å². The van der Waals surface area contributed by atoms with Crippen molar-refractivity contribution in [3.8, 4) is 17.6 Å². The summed E-state index contributed by atoms with van der Waals surface area (Å²) < 4.78 is 10.4. The van der Waals surface area contributed by atoms with E-state index in [2.05, 4.69) is 11.4 Å². The van der Waals surface area contributed by atoms with Gasteiger partial charge in [0, 0.05) is 6.54 Å². The number of ether oxygens (including phenoxy) is 2. The Balaban J connectivity index is 2.70. The van der Waals surface area contributed by atoms with Crippen LogP contribution in [-0.2, 0) is 6.54 Å². The van der Waals surface area contributed by atoms with Crippen LogP contribution in [0.4, 0.5) is 0 Å². The van der Waals surface area contributed by atoms with Crippen molar-refractivity contribution in [1.82, 2.24) is 5.32 Å². The third-order valence-corrected chi connectivity index (χ3v) is 2.56. The Kier molecular flexibility index (Phi) is 5.31. The van der Waals surface area contributed by atoms with Crippen molar-refractivity contribution in [1.29, 1.82) is 5.26 Å². The molecule has 0 aliphatic carbocycles. The normalized spacial score (nSPS) is 11.6. The van der Waals surface area contributed by atoms with Crippen molar-refractivity contribution in [2.75, 3.05) is 14.2 Å². The summed E-state index contributed by atoms with van der Waals surface area (Å²) in [6, 6.07) is 7.83. The van der Waals surface area contributed by atoms with Gasteiger partial charge in [-0.05, 0) is 24.1 Å². The van der Waals surface area contributed by atoms with Crippen molar-refractivity contribution in [3.63, 3.8) is 0 Å². The third kappa shape index (κ3) is 3.65. The molecule has 17 heavy (non-hydrogen) atoms. The van der Waals surface area contributed by atoms with Crippen molar-refractivity contribution < 1.29 is 9.47 Å². The quantitative estimate of drug-likeness (QED) is 0.819. The number of nitrogens with one attached hydrogen (secondary N) is 1. The molecule has 0 radical (unpaired) electrons. The molecule has 1 N–H and O–H groups in total. The van der Waals surface area contributed by atoms with Crippen LogP contribution in [0.1, 0.15) is 18.9 Å². The van der Waals surface area contributed by atoms with Crippen LogP contribution >= 0.6 is 0 Å². The van der Waals surface area contributed by atoms with Gasteiger partial charge in [0.2, 0.25) is 0 Å². The second kappa shape index (κ2) is 6.77. The van der Waals surface area contributed by atoms with E-state index in [4.69, 9.17) is 14.7 Å². The van der Waals surface area contributed by atoms with E-state index in [9.17, 15) is 0 Å². The summed E-state index contributed by atoms with van der Waals surface area (Å²) in [5.41, 5.74) is 1.07. The van der Waals surface area contributed by atoms with Gasteiger partial charge in [-0.3, -0.25) is 5.32 Å². The fourth-order valence-electron chi connectivity index (χ4n) is 1.51. The molecular formula is C13H18N2O2. The van der Waals surface area contributed by atoms with Gasteiger partial charge in [-0.25, -0.2) is 0 Å². The van der Waals surface area contributed by atoms with Gasteiger partial charge in [-0.15, -0.1) is 0 Å². The highest BCUT2D eigenvalue weighted by Crippen LogP contribution is 2.27. The molecule has 0 fully saturated rings. The molecule has 1 aromatic rings. The highest BCUT2D eigenvalue weighted by Gasteiger charge is 2.06. The summed E-state index contributed by atoms with van der Waals surface area (Å²) >= 11 is 0. The standard InChI is InChI=1S/C13H18N2O2/c1-4-11(8-14)15-9-10-5-6-12(16-2)13(7-10)17-3/h5-7,11,15H,4,9H2,1-3H3. The van der Waals surface area contributed by atoms with Gasteiger partial charge >= 0.3 is 0 Å². The van der Waals surface area contributed by atoms with E-state index in [1.54, 1.807) is 14.2 Å². The molecule has 1 atom stereocenters. The zero-order chi connectivity index (χ0) is 12.7. The van der Waals surface area contributed by atoms with Gasteiger partial charge < -0.3 is 9.47 Å². The van der Waals surface area contributed by atoms with Crippen molar-refractivity contribution in [3.05, 3.63) is 23.8 Å². The maximum atomic E-state index is 8.83. The number of nitriles is 1. The van der Waals surface area contributed by atoms with Crippen LogP contribution in [0.15, 0.2) is 18.2 Å². The first-order chi connectivity index (χ1) is 8.24. The Hall–Kier alpha value is -1.73. The fourth-order valence-corrected chi connectivity index (χ4v) is 1.51. The SMILES string of the molecule is CCC(C#N)NCc1ccc(OC)c(OC)c1. The predicted molar refractivity (Wildman–Crippen MR) is 66.1 cm³/mol. The molecule has 0 aliphatic rings. The Morgan fingerprint density at radius 2 is 2.00 bits per heavy atom. The highest BCUT2D eigenvalue weighted by atomic mass is 16.5. The second-order valence-corrected chi connectivity index (χ2v) is 3.66. The molecule has 0 spiro atoms. The molecule has 0 aromatic heterocycles. The summed E-state index contributed by atoms with van der Waals surface area (Å²) in [5.74, 6) is 1.42. The Morgan fingerprint density at radius 1 is 1.29 bits per heavy atom. The average molecular weight is 234 g/mol. The molecule has 1 aromatic carbocycles.